The summed E-state index contributed by atoms with van der Waals surface area (Å²) in [5.41, 5.74) is 2.49. The van der Waals surface area contributed by atoms with Crippen LogP contribution in [0.25, 0.3) is 0 Å². The fourth-order valence-electron chi connectivity index (χ4n) is 1.62. The second-order valence-electron chi connectivity index (χ2n) is 4.00. The van der Waals surface area contributed by atoms with E-state index < -0.39 is 0 Å². The Balaban J connectivity index is 2.14. The standard InChI is InChI=1S/C12H16O2/c1-9(2)12-13-7-10-5-3-4-6-11(10)8-14-12/h3-6,9,12H,7-8H2,1-2H3. The van der Waals surface area contributed by atoms with Crippen molar-refractivity contribution in [3.8, 4) is 0 Å². The van der Waals surface area contributed by atoms with Gasteiger partial charge >= 0.3 is 0 Å². The van der Waals surface area contributed by atoms with Gasteiger partial charge in [0, 0.05) is 5.92 Å². The molecule has 2 nitrogen and oxygen atoms in total. The van der Waals surface area contributed by atoms with Gasteiger partial charge in [0.2, 0.25) is 0 Å². The van der Waals surface area contributed by atoms with Gasteiger partial charge in [0.1, 0.15) is 0 Å². The molecule has 0 aliphatic carbocycles. The van der Waals surface area contributed by atoms with E-state index in [1.807, 2.05) is 12.1 Å². The summed E-state index contributed by atoms with van der Waals surface area (Å²) in [4.78, 5) is 0. The van der Waals surface area contributed by atoms with Crippen LogP contribution < -0.4 is 0 Å². The number of hydrogen-bond donors (Lipinski definition) is 0. The van der Waals surface area contributed by atoms with Crippen molar-refractivity contribution in [1.82, 2.24) is 0 Å². The van der Waals surface area contributed by atoms with Crippen LogP contribution in [-0.4, -0.2) is 6.29 Å². The van der Waals surface area contributed by atoms with Crippen LogP contribution in [0.4, 0.5) is 0 Å². The highest BCUT2D eigenvalue weighted by molar-refractivity contribution is 5.26. The Morgan fingerprint density at radius 3 is 2.00 bits per heavy atom. The maximum atomic E-state index is 5.67. The van der Waals surface area contributed by atoms with E-state index in [1.54, 1.807) is 0 Å². The number of ether oxygens (including phenoxy) is 2. The third kappa shape index (κ3) is 1.97. The summed E-state index contributed by atoms with van der Waals surface area (Å²) in [5.74, 6) is 0.407. The molecule has 0 saturated carbocycles. The molecular weight excluding hydrogens is 176 g/mol. The summed E-state index contributed by atoms with van der Waals surface area (Å²) in [6.07, 6.45) is -0.0672. The maximum absolute atomic E-state index is 5.67. The summed E-state index contributed by atoms with van der Waals surface area (Å²) in [5, 5.41) is 0. The van der Waals surface area contributed by atoms with Crippen molar-refractivity contribution in [2.24, 2.45) is 5.92 Å². The molecule has 1 aliphatic rings. The fourth-order valence-corrected chi connectivity index (χ4v) is 1.62. The molecule has 76 valence electrons. The molecule has 0 fully saturated rings. The number of hydrogen-bond acceptors (Lipinski definition) is 2. The highest BCUT2D eigenvalue weighted by Crippen LogP contribution is 2.21. The molecule has 0 atom stereocenters. The number of fused-ring (bicyclic) bond motifs is 1. The molecule has 1 aliphatic heterocycles. The Morgan fingerprint density at radius 2 is 1.57 bits per heavy atom. The van der Waals surface area contributed by atoms with Gasteiger partial charge in [0.15, 0.2) is 6.29 Å². The number of rotatable bonds is 1. The van der Waals surface area contributed by atoms with Gasteiger partial charge in [0.25, 0.3) is 0 Å². The first-order valence-electron chi connectivity index (χ1n) is 5.07. The lowest BCUT2D eigenvalue weighted by atomic mass is 10.1. The molecule has 0 aromatic heterocycles. The molecule has 0 spiro atoms. The lowest BCUT2D eigenvalue weighted by molar-refractivity contribution is -0.171. The van der Waals surface area contributed by atoms with Crippen LogP contribution in [0, 0.1) is 5.92 Å². The summed E-state index contributed by atoms with van der Waals surface area (Å²) in [6.45, 7) is 5.55. The van der Waals surface area contributed by atoms with Crippen molar-refractivity contribution < 1.29 is 9.47 Å². The summed E-state index contributed by atoms with van der Waals surface area (Å²) in [6, 6.07) is 8.28. The molecule has 0 radical (unpaired) electrons. The fraction of sp³-hybridized carbons (Fsp3) is 0.500. The Bertz CT molecular complexity index is 280. The third-order valence-electron chi connectivity index (χ3n) is 2.47. The van der Waals surface area contributed by atoms with E-state index in [-0.39, 0.29) is 6.29 Å². The van der Waals surface area contributed by atoms with Crippen LogP contribution in [0.15, 0.2) is 24.3 Å². The van der Waals surface area contributed by atoms with Crippen molar-refractivity contribution in [3.63, 3.8) is 0 Å². The van der Waals surface area contributed by atoms with Gasteiger partial charge in [0.05, 0.1) is 13.2 Å². The molecule has 0 unspecified atom stereocenters. The molecule has 14 heavy (non-hydrogen) atoms. The van der Waals surface area contributed by atoms with Crippen LogP contribution in [0.2, 0.25) is 0 Å². The highest BCUT2D eigenvalue weighted by atomic mass is 16.7. The van der Waals surface area contributed by atoms with E-state index in [0.29, 0.717) is 19.1 Å². The second-order valence-corrected chi connectivity index (χ2v) is 4.00. The van der Waals surface area contributed by atoms with E-state index in [0.717, 1.165) is 0 Å². The minimum Gasteiger partial charge on any atom is -0.348 e. The van der Waals surface area contributed by atoms with Crippen molar-refractivity contribution in [2.75, 3.05) is 0 Å². The molecule has 0 amide bonds. The van der Waals surface area contributed by atoms with Crippen molar-refractivity contribution in [1.29, 1.82) is 0 Å². The molecule has 2 rings (SSSR count). The predicted octanol–water partition coefficient (Wildman–Crippen LogP) is 2.72. The van der Waals surface area contributed by atoms with E-state index in [2.05, 4.69) is 26.0 Å². The van der Waals surface area contributed by atoms with Gasteiger partial charge < -0.3 is 9.47 Å². The first-order chi connectivity index (χ1) is 6.77. The van der Waals surface area contributed by atoms with E-state index in [1.165, 1.54) is 11.1 Å². The SMILES string of the molecule is CC(C)C1OCc2ccccc2CO1. The maximum Gasteiger partial charge on any atom is 0.160 e. The molecule has 1 aromatic rings. The zero-order chi connectivity index (χ0) is 9.97. The molecular formula is C12H16O2. The lowest BCUT2D eigenvalue weighted by Crippen LogP contribution is -2.21. The zero-order valence-electron chi connectivity index (χ0n) is 8.69. The summed E-state index contributed by atoms with van der Waals surface area (Å²) >= 11 is 0. The Kier molecular flexibility index (Phi) is 2.85. The molecule has 1 aromatic carbocycles. The summed E-state index contributed by atoms with van der Waals surface area (Å²) in [7, 11) is 0. The molecule has 2 heteroatoms. The average Bonchev–Trinajstić information content (AvgIpc) is 2.39. The molecule has 1 heterocycles. The third-order valence-corrected chi connectivity index (χ3v) is 2.47. The smallest absolute Gasteiger partial charge is 0.160 e. The molecule has 0 bridgehead atoms. The van der Waals surface area contributed by atoms with Crippen LogP contribution in [-0.2, 0) is 22.7 Å². The zero-order valence-corrected chi connectivity index (χ0v) is 8.69. The van der Waals surface area contributed by atoms with Gasteiger partial charge in [-0.25, -0.2) is 0 Å². The van der Waals surface area contributed by atoms with E-state index in [9.17, 15) is 0 Å². The monoisotopic (exact) mass is 192 g/mol. The Hall–Kier alpha value is -0.860. The lowest BCUT2D eigenvalue weighted by Gasteiger charge is -2.18. The average molecular weight is 192 g/mol. The van der Waals surface area contributed by atoms with Gasteiger partial charge in [-0.05, 0) is 11.1 Å². The van der Waals surface area contributed by atoms with Crippen molar-refractivity contribution in [3.05, 3.63) is 35.4 Å². The first-order valence-corrected chi connectivity index (χ1v) is 5.07. The van der Waals surface area contributed by atoms with Gasteiger partial charge in [-0.3, -0.25) is 0 Å². The Labute approximate surface area is 84.8 Å². The van der Waals surface area contributed by atoms with E-state index in [4.69, 9.17) is 9.47 Å². The Morgan fingerprint density at radius 1 is 1.07 bits per heavy atom. The topological polar surface area (TPSA) is 18.5 Å². The minimum absolute atomic E-state index is 0.0672. The quantitative estimate of drug-likeness (QED) is 0.681. The van der Waals surface area contributed by atoms with Crippen LogP contribution in [0.3, 0.4) is 0 Å². The van der Waals surface area contributed by atoms with Crippen LogP contribution >= 0.6 is 0 Å². The van der Waals surface area contributed by atoms with Gasteiger partial charge in [-0.1, -0.05) is 38.1 Å². The largest absolute Gasteiger partial charge is 0.348 e. The first kappa shape index (κ1) is 9.69. The number of benzene rings is 1. The van der Waals surface area contributed by atoms with Crippen molar-refractivity contribution in [2.45, 2.75) is 33.4 Å². The highest BCUT2D eigenvalue weighted by Gasteiger charge is 2.19. The van der Waals surface area contributed by atoms with Gasteiger partial charge in [-0.15, -0.1) is 0 Å². The van der Waals surface area contributed by atoms with Crippen LogP contribution in [0.1, 0.15) is 25.0 Å². The van der Waals surface area contributed by atoms with Crippen molar-refractivity contribution >= 4 is 0 Å². The van der Waals surface area contributed by atoms with Crippen LogP contribution in [0.5, 0.6) is 0 Å². The second kappa shape index (κ2) is 4.11. The molecule has 0 saturated heterocycles. The predicted molar refractivity (Wildman–Crippen MR) is 54.6 cm³/mol. The minimum atomic E-state index is -0.0672. The summed E-state index contributed by atoms with van der Waals surface area (Å²) < 4.78 is 11.3. The normalized spacial score (nSPS) is 17.9. The van der Waals surface area contributed by atoms with Gasteiger partial charge in [-0.2, -0.15) is 0 Å². The molecule has 0 N–H and O–H groups in total. The van der Waals surface area contributed by atoms with E-state index >= 15 is 0 Å².